The van der Waals surface area contributed by atoms with Gasteiger partial charge < -0.3 is 5.32 Å². The number of benzene rings is 1. The lowest BCUT2D eigenvalue weighted by Crippen LogP contribution is -2.19. The highest BCUT2D eigenvalue weighted by atomic mass is 35.5. The van der Waals surface area contributed by atoms with E-state index in [1.54, 1.807) is 23.5 Å². The molecule has 0 saturated heterocycles. The van der Waals surface area contributed by atoms with E-state index in [1.807, 2.05) is 19.4 Å². The molecule has 2 nitrogen and oxygen atoms in total. The number of hydrogen-bond acceptors (Lipinski definition) is 3. The quantitative estimate of drug-likeness (QED) is 0.925. The van der Waals surface area contributed by atoms with Crippen LogP contribution in [0.2, 0.25) is 5.02 Å². The number of hydrogen-bond donors (Lipinski definition) is 1. The molecule has 0 aliphatic rings. The molecule has 0 spiro atoms. The standard InChI is InChI=1S/C13H14ClFN2S/c1-8-17-10(7-18-8)6-13(16-2)9-3-4-12(15)11(14)5-9/h3-5,7,13,16H,6H2,1-2H3. The lowest BCUT2D eigenvalue weighted by atomic mass is 10.0. The van der Waals surface area contributed by atoms with E-state index >= 15 is 0 Å². The van der Waals surface area contributed by atoms with Crippen molar-refractivity contribution in [2.75, 3.05) is 7.05 Å². The summed E-state index contributed by atoms with van der Waals surface area (Å²) in [5.74, 6) is -0.389. The molecule has 1 aromatic heterocycles. The van der Waals surface area contributed by atoms with Gasteiger partial charge in [0.15, 0.2) is 0 Å². The fourth-order valence-corrected chi connectivity index (χ4v) is 2.64. The first-order valence-corrected chi connectivity index (χ1v) is 6.89. The normalized spacial score (nSPS) is 12.7. The van der Waals surface area contributed by atoms with E-state index in [1.165, 1.54) is 6.07 Å². The number of likely N-dealkylation sites (N-methyl/N-ethyl adjacent to an activating group) is 1. The Bertz CT molecular complexity index is 542. The SMILES string of the molecule is CNC(Cc1csc(C)n1)c1ccc(F)c(Cl)c1. The molecule has 0 fully saturated rings. The van der Waals surface area contributed by atoms with E-state index in [9.17, 15) is 4.39 Å². The topological polar surface area (TPSA) is 24.9 Å². The first kappa shape index (κ1) is 13.5. The molecule has 5 heteroatoms. The third kappa shape index (κ3) is 3.07. The van der Waals surface area contributed by atoms with Gasteiger partial charge in [-0.15, -0.1) is 11.3 Å². The van der Waals surface area contributed by atoms with Crippen molar-refractivity contribution in [3.05, 3.63) is 50.7 Å². The molecule has 0 aliphatic carbocycles. The van der Waals surface area contributed by atoms with Crippen molar-refractivity contribution in [1.29, 1.82) is 0 Å². The predicted octanol–water partition coefficient (Wildman–Crippen LogP) is 3.75. The van der Waals surface area contributed by atoms with Crippen LogP contribution in [0.3, 0.4) is 0 Å². The van der Waals surface area contributed by atoms with Crippen molar-refractivity contribution < 1.29 is 4.39 Å². The molecule has 1 aromatic carbocycles. The average Bonchev–Trinajstić information content (AvgIpc) is 2.75. The van der Waals surface area contributed by atoms with Crippen LogP contribution in [0.4, 0.5) is 4.39 Å². The smallest absolute Gasteiger partial charge is 0.141 e. The molecule has 2 aromatic rings. The maximum atomic E-state index is 13.1. The summed E-state index contributed by atoms with van der Waals surface area (Å²) in [4.78, 5) is 4.44. The molecule has 0 radical (unpaired) electrons. The van der Waals surface area contributed by atoms with E-state index in [0.29, 0.717) is 0 Å². The molecule has 1 unspecified atom stereocenters. The number of aromatic nitrogens is 1. The van der Waals surface area contributed by atoms with Crippen LogP contribution in [0.5, 0.6) is 0 Å². The summed E-state index contributed by atoms with van der Waals surface area (Å²) < 4.78 is 13.1. The van der Waals surface area contributed by atoms with Gasteiger partial charge in [-0.1, -0.05) is 17.7 Å². The Kier molecular flexibility index (Phi) is 4.32. The largest absolute Gasteiger partial charge is 0.313 e. The zero-order chi connectivity index (χ0) is 13.1. The molecule has 0 amide bonds. The van der Waals surface area contributed by atoms with Crippen LogP contribution in [0.25, 0.3) is 0 Å². The van der Waals surface area contributed by atoms with Gasteiger partial charge in [-0.25, -0.2) is 9.37 Å². The Hall–Kier alpha value is -0.970. The van der Waals surface area contributed by atoms with Gasteiger partial charge in [0, 0.05) is 17.8 Å². The van der Waals surface area contributed by atoms with Gasteiger partial charge in [0.25, 0.3) is 0 Å². The van der Waals surface area contributed by atoms with Crippen molar-refractivity contribution in [1.82, 2.24) is 10.3 Å². The molecule has 1 heterocycles. The Morgan fingerprint density at radius 1 is 1.50 bits per heavy atom. The van der Waals surface area contributed by atoms with E-state index in [4.69, 9.17) is 11.6 Å². The number of halogens is 2. The van der Waals surface area contributed by atoms with Crippen LogP contribution in [0.15, 0.2) is 23.6 Å². The first-order valence-electron chi connectivity index (χ1n) is 5.63. The van der Waals surface area contributed by atoms with Gasteiger partial charge in [0.2, 0.25) is 0 Å². The van der Waals surface area contributed by atoms with Gasteiger partial charge in [-0.3, -0.25) is 0 Å². The number of nitrogens with one attached hydrogen (secondary N) is 1. The van der Waals surface area contributed by atoms with Crippen LogP contribution in [0.1, 0.15) is 22.3 Å². The second-order valence-electron chi connectivity index (χ2n) is 4.08. The van der Waals surface area contributed by atoms with Crippen LogP contribution < -0.4 is 5.32 Å². The fraction of sp³-hybridized carbons (Fsp3) is 0.308. The Balaban J connectivity index is 2.19. The van der Waals surface area contributed by atoms with Gasteiger partial charge in [-0.2, -0.15) is 0 Å². The lowest BCUT2D eigenvalue weighted by Gasteiger charge is -2.15. The molecule has 1 N–H and O–H groups in total. The average molecular weight is 285 g/mol. The van der Waals surface area contributed by atoms with Crippen molar-refractivity contribution >= 4 is 22.9 Å². The highest BCUT2D eigenvalue weighted by Gasteiger charge is 2.13. The molecular formula is C13H14ClFN2S. The summed E-state index contributed by atoms with van der Waals surface area (Å²) in [5, 5.41) is 6.46. The summed E-state index contributed by atoms with van der Waals surface area (Å²) in [6.45, 7) is 1.98. The number of nitrogens with zero attached hydrogens (tertiary/aromatic N) is 1. The van der Waals surface area contributed by atoms with Crippen molar-refractivity contribution in [3.63, 3.8) is 0 Å². The minimum Gasteiger partial charge on any atom is -0.313 e. The first-order chi connectivity index (χ1) is 8.60. The molecule has 0 bridgehead atoms. The summed E-state index contributed by atoms with van der Waals surface area (Å²) in [7, 11) is 1.88. The Morgan fingerprint density at radius 3 is 2.83 bits per heavy atom. The Labute approximate surface area is 115 Å². The van der Waals surface area contributed by atoms with Crippen LogP contribution >= 0.6 is 22.9 Å². The molecule has 0 saturated carbocycles. The molecule has 1 atom stereocenters. The third-order valence-corrected chi connectivity index (χ3v) is 3.89. The maximum Gasteiger partial charge on any atom is 0.141 e. The summed E-state index contributed by atoms with van der Waals surface area (Å²) >= 11 is 7.44. The second-order valence-corrected chi connectivity index (χ2v) is 5.55. The lowest BCUT2D eigenvalue weighted by molar-refractivity contribution is 0.580. The van der Waals surface area contributed by atoms with Gasteiger partial charge in [0.05, 0.1) is 15.7 Å². The minimum absolute atomic E-state index is 0.0876. The van der Waals surface area contributed by atoms with Gasteiger partial charge >= 0.3 is 0 Å². The monoisotopic (exact) mass is 284 g/mol. The van der Waals surface area contributed by atoms with E-state index in [-0.39, 0.29) is 16.9 Å². The number of thiazole rings is 1. The van der Waals surface area contributed by atoms with E-state index in [2.05, 4.69) is 10.3 Å². The second kappa shape index (κ2) is 5.78. The molecular weight excluding hydrogens is 271 g/mol. The van der Waals surface area contributed by atoms with E-state index < -0.39 is 0 Å². The van der Waals surface area contributed by atoms with Crippen molar-refractivity contribution in [3.8, 4) is 0 Å². The summed E-state index contributed by atoms with van der Waals surface area (Å²) in [5.41, 5.74) is 2.01. The fourth-order valence-electron chi connectivity index (χ4n) is 1.83. The zero-order valence-corrected chi connectivity index (χ0v) is 11.8. The minimum atomic E-state index is -0.389. The highest BCUT2D eigenvalue weighted by molar-refractivity contribution is 7.09. The molecule has 2 rings (SSSR count). The zero-order valence-electron chi connectivity index (χ0n) is 10.2. The van der Waals surface area contributed by atoms with Gasteiger partial charge in [-0.05, 0) is 31.7 Å². The molecule has 96 valence electrons. The number of aryl methyl sites for hydroxylation is 1. The van der Waals surface area contributed by atoms with Crippen LogP contribution in [-0.2, 0) is 6.42 Å². The van der Waals surface area contributed by atoms with Crippen LogP contribution in [-0.4, -0.2) is 12.0 Å². The van der Waals surface area contributed by atoms with Gasteiger partial charge in [0.1, 0.15) is 5.82 Å². The third-order valence-electron chi connectivity index (χ3n) is 2.77. The number of rotatable bonds is 4. The Morgan fingerprint density at radius 2 is 2.28 bits per heavy atom. The highest BCUT2D eigenvalue weighted by Crippen LogP contribution is 2.23. The maximum absolute atomic E-state index is 13.1. The van der Waals surface area contributed by atoms with E-state index in [0.717, 1.165) is 22.7 Å². The summed E-state index contributed by atoms with van der Waals surface area (Å²) in [6.07, 6.45) is 0.767. The van der Waals surface area contributed by atoms with Crippen LogP contribution in [0, 0.1) is 12.7 Å². The summed E-state index contributed by atoms with van der Waals surface area (Å²) in [6, 6.07) is 4.90. The molecule has 18 heavy (non-hydrogen) atoms. The predicted molar refractivity (Wildman–Crippen MR) is 73.8 cm³/mol. The molecule has 0 aliphatic heterocycles. The van der Waals surface area contributed by atoms with Crippen molar-refractivity contribution in [2.45, 2.75) is 19.4 Å². The van der Waals surface area contributed by atoms with Crippen molar-refractivity contribution in [2.24, 2.45) is 0 Å².